The molecule has 0 aromatic heterocycles. The maximum Gasteiger partial charge on any atom is 0.573 e. The number of benzene rings is 1. The molecule has 0 radical (unpaired) electrons. The van der Waals surface area contributed by atoms with Gasteiger partial charge in [0.2, 0.25) is 0 Å². The Morgan fingerprint density at radius 1 is 0.897 bits per heavy atom. The molecule has 1 aliphatic carbocycles. The molecule has 0 N–H and O–H groups in total. The van der Waals surface area contributed by atoms with E-state index in [0.29, 0.717) is 30.6 Å². The lowest BCUT2D eigenvalue weighted by Crippen LogP contribution is -2.34. The minimum absolute atomic E-state index is 0.235. The van der Waals surface area contributed by atoms with E-state index in [1.807, 2.05) is 0 Å². The molecule has 0 bridgehead atoms. The van der Waals surface area contributed by atoms with E-state index in [1.165, 1.54) is 69.9 Å². The Morgan fingerprint density at radius 2 is 1.55 bits per heavy atom. The van der Waals surface area contributed by atoms with Crippen molar-refractivity contribution in [1.29, 1.82) is 0 Å². The van der Waals surface area contributed by atoms with Crippen LogP contribution in [0.2, 0.25) is 0 Å². The highest BCUT2D eigenvalue weighted by molar-refractivity contribution is 5.28. The normalized spacial score (nSPS) is 28.3. The second kappa shape index (κ2) is 10.7. The Labute approximate surface area is 171 Å². The Bertz CT molecular complexity index is 586. The summed E-state index contributed by atoms with van der Waals surface area (Å²) in [6.45, 7) is 3.55. The zero-order valence-electron chi connectivity index (χ0n) is 17.3. The molecule has 2 aliphatic rings. The Hall–Kier alpha value is -1.27. The highest BCUT2D eigenvalue weighted by Crippen LogP contribution is 2.39. The molecule has 6 heteroatoms. The molecular weight excluding hydrogens is 381 g/mol. The second-order valence-electron chi connectivity index (χ2n) is 8.51. The standard InChI is InChI=1S/C23H33F3O3/c1-2-3-4-5-6-17-7-9-18(10-8-17)20-15-27-22(28-16-20)19-11-13-21(14-12-19)29-23(24,25)26/h11-14,17-18,20,22H,2-10,15-16H2,1H3/t17-,18-,20?,22?. The summed E-state index contributed by atoms with van der Waals surface area (Å²) in [6.07, 6.45) is 6.70. The third kappa shape index (κ3) is 7.18. The van der Waals surface area contributed by atoms with E-state index in [1.54, 1.807) is 12.1 Å². The number of ether oxygens (including phenoxy) is 3. The van der Waals surface area contributed by atoms with E-state index >= 15 is 0 Å². The lowest BCUT2D eigenvalue weighted by Gasteiger charge is -2.38. The SMILES string of the molecule is CCCCCC[C@H]1CC[C@H](C2COC(c3ccc(OC(F)(F)F)cc3)OC2)CC1. The van der Waals surface area contributed by atoms with Crippen LogP contribution in [-0.4, -0.2) is 19.6 Å². The van der Waals surface area contributed by atoms with Crippen molar-refractivity contribution in [2.45, 2.75) is 77.4 Å². The van der Waals surface area contributed by atoms with Crippen molar-refractivity contribution in [2.75, 3.05) is 13.2 Å². The van der Waals surface area contributed by atoms with E-state index in [0.717, 1.165) is 5.92 Å². The van der Waals surface area contributed by atoms with Crippen molar-refractivity contribution in [3.63, 3.8) is 0 Å². The van der Waals surface area contributed by atoms with Gasteiger partial charge >= 0.3 is 6.36 Å². The zero-order valence-corrected chi connectivity index (χ0v) is 17.3. The van der Waals surface area contributed by atoms with Gasteiger partial charge in [0.15, 0.2) is 6.29 Å². The van der Waals surface area contributed by atoms with Crippen LogP contribution < -0.4 is 4.74 Å². The first-order chi connectivity index (χ1) is 13.9. The van der Waals surface area contributed by atoms with Gasteiger partial charge in [-0.2, -0.15) is 0 Å². The summed E-state index contributed by atoms with van der Waals surface area (Å²) in [7, 11) is 0. The van der Waals surface area contributed by atoms with Crippen LogP contribution in [0.15, 0.2) is 24.3 Å². The minimum atomic E-state index is -4.68. The number of halogens is 3. The van der Waals surface area contributed by atoms with Crippen LogP contribution in [0.3, 0.4) is 0 Å². The van der Waals surface area contributed by atoms with Crippen LogP contribution in [0.5, 0.6) is 5.75 Å². The molecule has 164 valence electrons. The average Bonchev–Trinajstić information content (AvgIpc) is 2.71. The molecule has 2 fully saturated rings. The molecule has 1 heterocycles. The summed E-state index contributed by atoms with van der Waals surface area (Å²) in [4.78, 5) is 0. The zero-order chi connectivity index (χ0) is 20.7. The smallest absolute Gasteiger partial charge is 0.406 e. The van der Waals surface area contributed by atoms with Gasteiger partial charge in [0, 0.05) is 11.5 Å². The molecule has 3 rings (SSSR count). The minimum Gasteiger partial charge on any atom is -0.406 e. The van der Waals surface area contributed by atoms with E-state index in [2.05, 4.69) is 11.7 Å². The maximum atomic E-state index is 12.3. The Kier molecular flexibility index (Phi) is 8.25. The molecule has 3 nitrogen and oxygen atoms in total. The molecule has 1 aromatic carbocycles. The van der Waals surface area contributed by atoms with Gasteiger partial charge in [-0.05, 0) is 36.8 Å². The van der Waals surface area contributed by atoms with Crippen molar-refractivity contribution in [2.24, 2.45) is 17.8 Å². The van der Waals surface area contributed by atoms with Crippen LogP contribution in [-0.2, 0) is 9.47 Å². The van der Waals surface area contributed by atoms with Crippen molar-refractivity contribution in [3.8, 4) is 5.75 Å². The first-order valence-electron chi connectivity index (χ1n) is 11.0. The van der Waals surface area contributed by atoms with Crippen LogP contribution in [0.4, 0.5) is 13.2 Å². The van der Waals surface area contributed by atoms with Crippen molar-refractivity contribution in [1.82, 2.24) is 0 Å². The van der Waals surface area contributed by atoms with E-state index in [4.69, 9.17) is 9.47 Å². The predicted molar refractivity (Wildman–Crippen MR) is 105 cm³/mol. The van der Waals surface area contributed by atoms with Crippen LogP contribution in [0, 0.1) is 17.8 Å². The fourth-order valence-corrected chi connectivity index (χ4v) is 4.62. The van der Waals surface area contributed by atoms with Gasteiger partial charge < -0.3 is 14.2 Å². The summed E-state index contributed by atoms with van der Waals surface area (Å²) in [6, 6.07) is 5.72. The van der Waals surface area contributed by atoms with Crippen LogP contribution in [0.1, 0.15) is 76.6 Å². The first-order valence-corrected chi connectivity index (χ1v) is 11.0. The van der Waals surface area contributed by atoms with Crippen molar-refractivity contribution < 1.29 is 27.4 Å². The monoisotopic (exact) mass is 414 g/mol. The largest absolute Gasteiger partial charge is 0.573 e. The number of hydrogen-bond donors (Lipinski definition) is 0. The lowest BCUT2D eigenvalue weighted by atomic mass is 9.74. The molecule has 0 amide bonds. The van der Waals surface area contributed by atoms with Gasteiger partial charge in [-0.25, -0.2) is 0 Å². The summed E-state index contributed by atoms with van der Waals surface area (Å²) in [5.74, 6) is 1.73. The van der Waals surface area contributed by atoms with E-state index in [9.17, 15) is 13.2 Å². The van der Waals surface area contributed by atoms with E-state index < -0.39 is 12.7 Å². The fraction of sp³-hybridized carbons (Fsp3) is 0.739. The highest BCUT2D eigenvalue weighted by Gasteiger charge is 2.33. The van der Waals surface area contributed by atoms with Gasteiger partial charge in [0.1, 0.15) is 5.75 Å². The molecule has 29 heavy (non-hydrogen) atoms. The Balaban J connectivity index is 1.38. The molecule has 0 unspecified atom stereocenters. The molecule has 0 spiro atoms. The topological polar surface area (TPSA) is 27.7 Å². The van der Waals surface area contributed by atoms with Gasteiger partial charge in [-0.1, -0.05) is 64.0 Å². The lowest BCUT2D eigenvalue weighted by molar-refractivity contribution is -0.274. The predicted octanol–water partition coefficient (Wildman–Crippen LogP) is 7.02. The fourth-order valence-electron chi connectivity index (χ4n) is 4.62. The number of rotatable bonds is 8. The number of alkyl halides is 3. The van der Waals surface area contributed by atoms with Crippen molar-refractivity contribution >= 4 is 0 Å². The number of hydrogen-bond acceptors (Lipinski definition) is 3. The molecule has 1 saturated carbocycles. The average molecular weight is 415 g/mol. The molecule has 1 aliphatic heterocycles. The molecule has 1 saturated heterocycles. The molecule has 0 atom stereocenters. The van der Waals surface area contributed by atoms with Gasteiger partial charge in [-0.15, -0.1) is 13.2 Å². The highest BCUT2D eigenvalue weighted by atomic mass is 19.4. The summed E-state index contributed by atoms with van der Waals surface area (Å²) >= 11 is 0. The second-order valence-corrected chi connectivity index (χ2v) is 8.51. The summed E-state index contributed by atoms with van der Waals surface area (Å²) in [5, 5.41) is 0. The quantitative estimate of drug-likeness (QED) is 0.428. The van der Waals surface area contributed by atoms with Crippen molar-refractivity contribution in [3.05, 3.63) is 29.8 Å². The summed E-state index contributed by atoms with van der Waals surface area (Å²) < 4.78 is 52.5. The third-order valence-corrected chi connectivity index (χ3v) is 6.33. The Morgan fingerprint density at radius 3 is 2.14 bits per heavy atom. The van der Waals surface area contributed by atoms with Crippen LogP contribution in [0.25, 0.3) is 0 Å². The molecule has 1 aromatic rings. The third-order valence-electron chi connectivity index (χ3n) is 6.33. The number of unbranched alkanes of at least 4 members (excludes halogenated alkanes) is 3. The van der Waals surface area contributed by atoms with E-state index in [-0.39, 0.29) is 5.75 Å². The maximum absolute atomic E-state index is 12.3. The van der Waals surface area contributed by atoms with Gasteiger partial charge in [0.05, 0.1) is 13.2 Å². The van der Waals surface area contributed by atoms with Gasteiger partial charge in [-0.3, -0.25) is 0 Å². The molecular formula is C23H33F3O3. The summed E-state index contributed by atoms with van der Waals surface area (Å²) in [5.41, 5.74) is 0.716. The van der Waals surface area contributed by atoms with Gasteiger partial charge in [0.25, 0.3) is 0 Å². The first kappa shape index (κ1) is 22.4. The van der Waals surface area contributed by atoms with Crippen LogP contribution >= 0.6 is 0 Å².